The molecule has 19 heavy (non-hydrogen) atoms. The van der Waals surface area contributed by atoms with Gasteiger partial charge in [-0.15, -0.1) is 0 Å². The zero-order chi connectivity index (χ0) is 12.8. The molecule has 3 saturated carbocycles. The average Bonchev–Trinajstić information content (AvgIpc) is 2.99. The Hall–Kier alpha value is -0.820. The van der Waals surface area contributed by atoms with Crippen LogP contribution >= 0.6 is 0 Å². The first-order chi connectivity index (χ1) is 9.31. The van der Waals surface area contributed by atoms with E-state index in [1.165, 1.54) is 50.5 Å². The fourth-order valence-corrected chi connectivity index (χ4v) is 4.63. The maximum atomic E-state index is 10.6. The largest absolute Gasteiger partial charge is 0.388 e. The minimum Gasteiger partial charge on any atom is -0.388 e. The zero-order valence-electron chi connectivity index (χ0n) is 11.6. The summed E-state index contributed by atoms with van der Waals surface area (Å²) in [6, 6.07) is 8.89. The zero-order valence-corrected chi connectivity index (χ0v) is 11.6. The molecule has 1 heteroatoms. The van der Waals surface area contributed by atoms with E-state index in [1.807, 2.05) is 0 Å². The van der Waals surface area contributed by atoms with Crippen molar-refractivity contribution in [3.8, 4) is 0 Å². The third-order valence-electron chi connectivity index (χ3n) is 6.05. The minimum atomic E-state index is -0.217. The molecule has 0 heterocycles. The van der Waals surface area contributed by atoms with Crippen LogP contribution in [0, 0.1) is 17.8 Å². The van der Waals surface area contributed by atoms with Gasteiger partial charge in [0.2, 0.25) is 0 Å². The van der Waals surface area contributed by atoms with E-state index in [-0.39, 0.29) is 6.10 Å². The molecule has 0 aromatic heterocycles. The Morgan fingerprint density at radius 3 is 2.26 bits per heavy atom. The van der Waals surface area contributed by atoms with Crippen molar-refractivity contribution in [1.82, 2.24) is 0 Å². The summed E-state index contributed by atoms with van der Waals surface area (Å²) in [4.78, 5) is 0. The van der Waals surface area contributed by atoms with Crippen molar-refractivity contribution in [2.75, 3.05) is 0 Å². The van der Waals surface area contributed by atoms with Gasteiger partial charge in [0.25, 0.3) is 0 Å². The molecule has 0 amide bonds. The second-order valence-corrected chi connectivity index (χ2v) is 7.08. The molecule has 1 nitrogen and oxygen atoms in total. The Balaban J connectivity index is 1.48. The van der Waals surface area contributed by atoms with Gasteiger partial charge in [-0.05, 0) is 66.9 Å². The van der Waals surface area contributed by atoms with E-state index >= 15 is 0 Å². The summed E-state index contributed by atoms with van der Waals surface area (Å²) in [5.41, 5.74) is 2.63. The van der Waals surface area contributed by atoms with E-state index in [0.29, 0.717) is 5.92 Å². The van der Waals surface area contributed by atoms with Crippen LogP contribution < -0.4 is 0 Å². The van der Waals surface area contributed by atoms with Crippen LogP contribution in [0.1, 0.15) is 68.1 Å². The highest BCUT2D eigenvalue weighted by atomic mass is 16.3. The smallest absolute Gasteiger partial charge is 0.0820 e. The summed E-state index contributed by atoms with van der Waals surface area (Å²) < 4.78 is 0. The number of hydrogen-bond donors (Lipinski definition) is 1. The Labute approximate surface area is 116 Å². The molecule has 1 aromatic rings. The molecule has 102 valence electrons. The molecule has 2 bridgehead atoms. The van der Waals surface area contributed by atoms with Crippen molar-refractivity contribution in [3.63, 3.8) is 0 Å². The van der Waals surface area contributed by atoms with Crippen LogP contribution in [0.4, 0.5) is 0 Å². The second kappa shape index (κ2) is 4.63. The van der Waals surface area contributed by atoms with Gasteiger partial charge in [-0.25, -0.2) is 0 Å². The van der Waals surface area contributed by atoms with Crippen molar-refractivity contribution < 1.29 is 5.11 Å². The maximum Gasteiger partial charge on any atom is 0.0820 e. The monoisotopic (exact) mass is 256 g/mol. The van der Waals surface area contributed by atoms with E-state index in [2.05, 4.69) is 24.3 Å². The highest BCUT2D eigenvalue weighted by Gasteiger charge is 2.42. The van der Waals surface area contributed by atoms with E-state index in [1.54, 1.807) is 0 Å². The van der Waals surface area contributed by atoms with Gasteiger partial charge in [0.1, 0.15) is 0 Å². The molecule has 0 spiro atoms. The van der Waals surface area contributed by atoms with E-state index < -0.39 is 0 Å². The second-order valence-electron chi connectivity index (χ2n) is 7.08. The quantitative estimate of drug-likeness (QED) is 0.848. The maximum absolute atomic E-state index is 10.6. The van der Waals surface area contributed by atoms with Crippen molar-refractivity contribution >= 4 is 0 Å². The molecule has 1 aromatic carbocycles. The van der Waals surface area contributed by atoms with Gasteiger partial charge < -0.3 is 5.11 Å². The van der Waals surface area contributed by atoms with Crippen LogP contribution in [0.5, 0.6) is 0 Å². The molecule has 0 radical (unpaired) electrons. The van der Waals surface area contributed by atoms with Crippen LogP contribution in [0.2, 0.25) is 0 Å². The van der Waals surface area contributed by atoms with Crippen LogP contribution in [-0.2, 0) is 0 Å². The first-order valence-electron chi connectivity index (χ1n) is 8.09. The number of aliphatic hydroxyl groups excluding tert-OH is 1. The molecule has 1 N–H and O–H groups in total. The summed E-state index contributed by atoms with van der Waals surface area (Å²) in [5.74, 6) is 3.05. The minimum absolute atomic E-state index is 0.217. The van der Waals surface area contributed by atoms with Gasteiger partial charge in [-0.1, -0.05) is 37.1 Å². The predicted molar refractivity (Wildman–Crippen MR) is 76.9 cm³/mol. The molecular formula is C18H24O. The fraction of sp³-hybridized carbons (Fsp3) is 0.667. The highest BCUT2D eigenvalue weighted by Crippen LogP contribution is 2.52. The van der Waals surface area contributed by atoms with Crippen molar-refractivity contribution in [1.29, 1.82) is 0 Å². The Morgan fingerprint density at radius 1 is 0.947 bits per heavy atom. The van der Waals surface area contributed by atoms with Crippen LogP contribution in [0.15, 0.2) is 24.3 Å². The number of aliphatic hydroxyl groups is 1. The first kappa shape index (κ1) is 12.0. The standard InChI is InChI=1S/C18H24O/c19-18(17-11-12-4-5-16(17)10-12)15-8-6-14(7-9-15)13-2-1-3-13/h6-9,12-13,16-19H,1-5,10-11H2. The number of benzene rings is 1. The Bertz CT molecular complexity index is 445. The molecule has 3 aliphatic rings. The van der Waals surface area contributed by atoms with Crippen molar-refractivity contribution in [3.05, 3.63) is 35.4 Å². The summed E-state index contributed by atoms with van der Waals surface area (Å²) in [5, 5.41) is 10.6. The lowest BCUT2D eigenvalue weighted by Gasteiger charge is -2.28. The lowest BCUT2D eigenvalue weighted by atomic mass is 9.78. The number of fused-ring (bicyclic) bond motifs is 2. The van der Waals surface area contributed by atoms with E-state index in [0.717, 1.165) is 23.3 Å². The molecule has 0 aliphatic heterocycles. The van der Waals surface area contributed by atoms with Crippen LogP contribution in [0.25, 0.3) is 0 Å². The van der Waals surface area contributed by atoms with Crippen molar-refractivity contribution in [2.45, 2.75) is 57.0 Å². The van der Waals surface area contributed by atoms with Crippen LogP contribution in [0.3, 0.4) is 0 Å². The van der Waals surface area contributed by atoms with E-state index in [4.69, 9.17) is 0 Å². The molecule has 4 unspecified atom stereocenters. The topological polar surface area (TPSA) is 20.2 Å². The SMILES string of the molecule is OC(c1ccc(C2CCC2)cc1)C1CC2CCC1C2. The molecule has 4 rings (SSSR count). The summed E-state index contributed by atoms with van der Waals surface area (Å²) in [6.07, 6.45) is 9.28. The molecule has 0 saturated heterocycles. The number of rotatable bonds is 3. The molecule has 4 atom stereocenters. The number of hydrogen-bond acceptors (Lipinski definition) is 1. The Kier molecular flexibility index (Phi) is 2.91. The van der Waals surface area contributed by atoms with Gasteiger partial charge in [0, 0.05) is 0 Å². The summed E-state index contributed by atoms with van der Waals surface area (Å²) in [6.45, 7) is 0. The third-order valence-corrected chi connectivity index (χ3v) is 6.05. The van der Waals surface area contributed by atoms with Gasteiger partial charge in [0.15, 0.2) is 0 Å². The fourth-order valence-electron chi connectivity index (χ4n) is 4.63. The third kappa shape index (κ3) is 2.03. The van der Waals surface area contributed by atoms with E-state index in [9.17, 15) is 5.11 Å². The molecule has 3 fully saturated rings. The van der Waals surface area contributed by atoms with Gasteiger partial charge >= 0.3 is 0 Å². The van der Waals surface area contributed by atoms with Crippen molar-refractivity contribution in [2.24, 2.45) is 17.8 Å². The average molecular weight is 256 g/mol. The normalized spacial score (nSPS) is 35.3. The highest BCUT2D eigenvalue weighted by molar-refractivity contribution is 5.28. The van der Waals surface area contributed by atoms with Crippen LogP contribution in [-0.4, -0.2) is 5.11 Å². The predicted octanol–water partition coefficient (Wildman–Crippen LogP) is 4.42. The first-order valence-corrected chi connectivity index (χ1v) is 8.09. The summed E-state index contributed by atoms with van der Waals surface area (Å²) >= 11 is 0. The van der Waals surface area contributed by atoms with Gasteiger partial charge in [-0.3, -0.25) is 0 Å². The van der Waals surface area contributed by atoms with Gasteiger partial charge in [-0.2, -0.15) is 0 Å². The lowest BCUT2D eigenvalue weighted by Crippen LogP contribution is -2.19. The lowest BCUT2D eigenvalue weighted by molar-refractivity contribution is 0.0745. The summed E-state index contributed by atoms with van der Waals surface area (Å²) in [7, 11) is 0. The molecular weight excluding hydrogens is 232 g/mol. The van der Waals surface area contributed by atoms with Gasteiger partial charge in [0.05, 0.1) is 6.10 Å². The molecule has 3 aliphatic carbocycles. The Morgan fingerprint density at radius 2 is 1.74 bits per heavy atom.